The topological polar surface area (TPSA) is 141 Å². The lowest BCUT2D eigenvalue weighted by Gasteiger charge is -2.16. The fourth-order valence-corrected chi connectivity index (χ4v) is 4.82. The summed E-state index contributed by atoms with van der Waals surface area (Å²) in [6, 6.07) is 9.56. The molecule has 10 nitrogen and oxygen atoms in total. The number of primary amides is 1. The maximum absolute atomic E-state index is 10.6. The number of hydrogen-bond donors (Lipinski definition) is 2. The first kappa shape index (κ1) is 27.8. The summed E-state index contributed by atoms with van der Waals surface area (Å²) in [5.41, 5.74) is 12.9. The maximum atomic E-state index is 10.6. The molecule has 210 valence electrons. The van der Waals surface area contributed by atoms with Crippen LogP contribution in [0.15, 0.2) is 47.4 Å². The summed E-state index contributed by atoms with van der Waals surface area (Å²) in [4.78, 5) is 27.1. The van der Waals surface area contributed by atoms with Crippen molar-refractivity contribution in [3.05, 3.63) is 65.7 Å². The van der Waals surface area contributed by atoms with Crippen LogP contribution in [-0.4, -0.2) is 40.8 Å². The molecular formula is C31H34N8O2. The van der Waals surface area contributed by atoms with Crippen molar-refractivity contribution in [1.82, 2.24) is 34.9 Å². The van der Waals surface area contributed by atoms with Gasteiger partial charge in [0.1, 0.15) is 5.82 Å². The molecule has 4 heterocycles. The van der Waals surface area contributed by atoms with Crippen LogP contribution in [0.1, 0.15) is 80.1 Å². The van der Waals surface area contributed by atoms with Crippen LogP contribution < -0.4 is 5.73 Å². The van der Waals surface area contributed by atoms with E-state index < -0.39 is 5.91 Å². The summed E-state index contributed by atoms with van der Waals surface area (Å²) in [6.45, 7) is 5.76. The highest BCUT2D eigenvalue weighted by Gasteiger charge is 2.25. The third-order valence-corrected chi connectivity index (χ3v) is 7.16. The lowest BCUT2D eigenvalue weighted by molar-refractivity contribution is 0.0958. The molecule has 1 fully saturated rings. The van der Waals surface area contributed by atoms with Gasteiger partial charge >= 0.3 is 11.8 Å². The van der Waals surface area contributed by atoms with Crippen LogP contribution in [0.2, 0.25) is 0 Å². The first-order valence-corrected chi connectivity index (χ1v) is 13.7. The molecule has 3 N–H and O–H groups in total. The van der Waals surface area contributed by atoms with Gasteiger partial charge in [0.2, 0.25) is 0 Å². The Bertz CT molecular complexity index is 1700. The minimum absolute atomic E-state index is 0.139. The highest BCUT2D eigenvalue weighted by Crippen LogP contribution is 2.36. The average molecular weight is 551 g/mol. The smallest absolute Gasteiger partial charge is 0.315 e. The molecule has 0 aliphatic heterocycles. The van der Waals surface area contributed by atoms with Crippen molar-refractivity contribution in [2.45, 2.75) is 70.8 Å². The van der Waals surface area contributed by atoms with Crippen LogP contribution in [0.5, 0.6) is 0 Å². The highest BCUT2D eigenvalue weighted by molar-refractivity contribution is 5.91. The number of benzene rings is 1. The van der Waals surface area contributed by atoms with Gasteiger partial charge in [0.25, 0.3) is 0 Å². The maximum Gasteiger partial charge on any atom is 0.315 e. The number of pyridine rings is 1. The van der Waals surface area contributed by atoms with Crippen LogP contribution in [0, 0.1) is 12.8 Å². The Hall–Kier alpha value is -4.78. The molecule has 0 bridgehead atoms. The number of carbonyl (C=O) groups excluding carboxylic acids is 1. The van der Waals surface area contributed by atoms with Gasteiger partial charge < -0.3 is 15.2 Å². The summed E-state index contributed by atoms with van der Waals surface area (Å²) in [5.74, 6) is 0.490. The van der Waals surface area contributed by atoms with Crippen molar-refractivity contribution < 1.29 is 9.32 Å². The molecule has 2 aliphatic rings. The zero-order chi connectivity index (χ0) is 29.1. The molecule has 1 aromatic carbocycles. The third kappa shape index (κ3) is 6.04. The molecule has 4 aromatic heterocycles. The summed E-state index contributed by atoms with van der Waals surface area (Å²) >= 11 is 0. The van der Waals surface area contributed by atoms with E-state index in [1.165, 1.54) is 60.8 Å². The van der Waals surface area contributed by atoms with Gasteiger partial charge in [-0.05, 0) is 61.3 Å². The number of H-pyrrole nitrogens is 1. The number of nitrogens with two attached hydrogens (primary N) is 1. The van der Waals surface area contributed by atoms with Gasteiger partial charge in [-0.3, -0.25) is 9.48 Å². The van der Waals surface area contributed by atoms with Crippen molar-refractivity contribution in [3.8, 4) is 35.4 Å². The molecule has 10 heteroatoms. The summed E-state index contributed by atoms with van der Waals surface area (Å²) < 4.78 is 6.67. The zero-order valence-corrected chi connectivity index (χ0v) is 23.6. The number of fused-ring (bicyclic) bond motifs is 2. The van der Waals surface area contributed by atoms with Gasteiger partial charge in [-0.1, -0.05) is 44.1 Å². The molecule has 0 atom stereocenters. The predicted molar refractivity (Wildman–Crippen MR) is 157 cm³/mol. The number of nitrogens with one attached hydrogen (secondary N) is 1. The molecule has 5 aromatic rings. The van der Waals surface area contributed by atoms with Gasteiger partial charge in [-0.2, -0.15) is 10.1 Å². The standard InChI is InChI=1S/C22H21N5.C7H11N3O2.C2H2/c1-2-4-15-11-16(6-5-14(15)3-1)19-9-10-23-22-20(19)25-21(26-22)17-12-24-27(13-17)18-7-8-18;1-7(2,3)6-9-5(4(8)11)12-10-6;1-2/h5-6,9-13,18H,1-4,7-8H2,(H,23,25,26);1-3H3,(H2,8,11);1-2H. The van der Waals surface area contributed by atoms with Gasteiger partial charge in [-0.15, -0.1) is 12.8 Å². The number of aromatic amines is 1. The fraction of sp³-hybridized carbons (Fsp3) is 0.355. The normalized spacial score (nSPS) is 14.4. The number of carbonyl (C=O) groups is 1. The molecule has 7 rings (SSSR count). The number of imidazole rings is 1. The second-order valence-corrected chi connectivity index (χ2v) is 11.3. The van der Waals surface area contributed by atoms with Crippen LogP contribution in [0.4, 0.5) is 0 Å². The second kappa shape index (κ2) is 11.4. The summed E-state index contributed by atoms with van der Waals surface area (Å²) in [6.07, 6.45) is 21.3. The Morgan fingerprint density at radius 2 is 1.83 bits per heavy atom. The number of aromatic nitrogens is 7. The van der Waals surface area contributed by atoms with Crippen molar-refractivity contribution in [2.24, 2.45) is 5.73 Å². The lowest BCUT2D eigenvalue weighted by Crippen LogP contribution is -2.15. The molecule has 0 saturated heterocycles. The fourth-order valence-electron chi connectivity index (χ4n) is 4.82. The largest absolute Gasteiger partial charge is 0.361 e. The Morgan fingerprint density at radius 1 is 1.07 bits per heavy atom. The van der Waals surface area contributed by atoms with Gasteiger partial charge in [-0.25, -0.2) is 9.97 Å². The first-order valence-electron chi connectivity index (χ1n) is 13.7. The monoisotopic (exact) mass is 550 g/mol. The zero-order valence-electron chi connectivity index (χ0n) is 23.6. The molecular weight excluding hydrogens is 516 g/mol. The van der Waals surface area contributed by atoms with Crippen molar-refractivity contribution in [1.29, 1.82) is 0 Å². The second-order valence-electron chi connectivity index (χ2n) is 11.3. The number of hydrogen-bond acceptors (Lipinski definition) is 7. The average Bonchev–Trinajstić information content (AvgIpc) is 3.36. The van der Waals surface area contributed by atoms with Crippen LogP contribution in [-0.2, 0) is 18.3 Å². The van der Waals surface area contributed by atoms with Crippen LogP contribution in [0.3, 0.4) is 0 Å². The van der Waals surface area contributed by atoms with E-state index in [0.717, 1.165) is 22.6 Å². The molecule has 0 spiro atoms. The number of amides is 1. The number of nitrogens with zero attached hydrogens (tertiary/aromatic N) is 6. The van der Waals surface area contributed by atoms with E-state index in [-0.39, 0.29) is 11.3 Å². The van der Waals surface area contributed by atoms with E-state index >= 15 is 0 Å². The molecule has 41 heavy (non-hydrogen) atoms. The highest BCUT2D eigenvalue weighted by atomic mass is 16.5. The molecule has 1 saturated carbocycles. The first-order chi connectivity index (χ1) is 19.8. The minimum atomic E-state index is -0.696. The van der Waals surface area contributed by atoms with Gasteiger partial charge in [0.15, 0.2) is 11.5 Å². The SMILES string of the molecule is C#C.CC(C)(C)c1noc(C(N)=O)n1.c1cc(-c2ccc3c(c2)CCCC3)c2[nH]c(-c3cnn(C4CC4)c3)nc2n1. The lowest BCUT2D eigenvalue weighted by atomic mass is 9.89. The minimum Gasteiger partial charge on any atom is -0.361 e. The summed E-state index contributed by atoms with van der Waals surface area (Å²) in [5, 5.41) is 8.11. The van der Waals surface area contributed by atoms with E-state index in [4.69, 9.17) is 10.7 Å². The number of rotatable bonds is 4. The Balaban J connectivity index is 0.000000204. The van der Waals surface area contributed by atoms with Crippen molar-refractivity contribution in [3.63, 3.8) is 0 Å². The predicted octanol–water partition coefficient (Wildman–Crippen LogP) is 5.42. The van der Waals surface area contributed by atoms with E-state index in [1.54, 1.807) is 0 Å². The third-order valence-electron chi connectivity index (χ3n) is 7.16. The molecule has 0 radical (unpaired) electrons. The van der Waals surface area contributed by atoms with E-state index in [2.05, 4.69) is 77.7 Å². The molecule has 0 unspecified atom stereocenters. The number of terminal acetylenes is 1. The quantitative estimate of drug-likeness (QED) is 0.285. The van der Waals surface area contributed by atoms with Crippen molar-refractivity contribution >= 4 is 17.1 Å². The van der Waals surface area contributed by atoms with Crippen LogP contribution in [0.25, 0.3) is 33.7 Å². The molecule has 1 amide bonds. The van der Waals surface area contributed by atoms with Gasteiger partial charge in [0, 0.05) is 23.4 Å². The van der Waals surface area contributed by atoms with Crippen molar-refractivity contribution in [2.75, 3.05) is 0 Å². The molecule has 2 aliphatic carbocycles. The Labute approximate surface area is 238 Å². The Morgan fingerprint density at radius 3 is 2.49 bits per heavy atom. The van der Waals surface area contributed by atoms with E-state index in [9.17, 15) is 4.79 Å². The van der Waals surface area contributed by atoms with E-state index in [0.29, 0.717) is 11.9 Å². The number of aryl methyl sites for hydroxylation is 2. The van der Waals surface area contributed by atoms with E-state index in [1.807, 2.05) is 33.2 Å². The Kier molecular flexibility index (Phi) is 7.70. The van der Waals surface area contributed by atoms with Crippen LogP contribution >= 0.6 is 0 Å². The summed E-state index contributed by atoms with van der Waals surface area (Å²) in [7, 11) is 0. The van der Waals surface area contributed by atoms with Gasteiger partial charge in [0.05, 0.1) is 23.3 Å².